The van der Waals surface area contributed by atoms with Crippen LogP contribution < -0.4 is 10.5 Å². The van der Waals surface area contributed by atoms with Gasteiger partial charge in [-0.15, -0.1) is 0 Å². The van der Waals surface area contributed by atoms with Crippen LogP contribution >= 0.6 is 11.6 Å². The molecule has 1 unspecified atom stereocenters. The second-order valence-corrected chi connectivity index (χ2v) is 8.86. The highest BCUT2D eigenvalue weighted by Crippen LogP contribution is 2.23. The Balaban J connectivity index is 1.25. The average molecular weight is 481 g/mol. The number of hydrogen-bond donors (Lipinski definition) is 2. The Morgan fingerprint density at radius 1 is 1.15 bits per heavy atom. The lowest BCUT2D eigenvalue weighted by molar-refractivity contribution is 0.0995. The van der Waals surface area contributed by atoms with E-state index in [2.05, 4.69) is 33.9 Å². The quantitative estimate of drug-likeness (QED) is 0.293. The number of aromatic nitrogens is 3. The lowest BCUT2D eigenvalue weighted by Crippen LogP contribution is -2.16. The third-order valence-corrected chi connectivity index (χ3v) is 6.03. The van der Waals surface area contributed by atoms with Crippen molar-refractivity contribution in [2.75, 3.05) is 6.61 Å². The van der Waals surface area contributed by atoms with Gasteiger partial charge in [0.1, 0.15) is 11.4 Å². The molecule has 1 atom stereocenters. The second-order valence-electron chi connectivity index (χ2n) is 8.42. The summed E-state index contributed by atoms with van der Waals surface area (Å²) >= 11 is 5.94. The first kappa shape index (κ1) is 23.9. The molecular formula is C26H29ClN4O3. The van der Waals surface area contributed by atoms with Gasteiger partial charge in [-0.2, -0.15) is 0 Å². The van der Waals surface area contributed by atoms with Crippen LogP contribution in [-0.4, -0.2) is 37.8 Å². The summed E-state index contributed by atoms with van der Waals surface area (Å²) in [6.45, 7) is 1.81. The smallest absolute Gasteiger partial charge is 0.268 e. The van der Waals surface area contributed by atoms with Gasteiger partial charge in [-0.1, -0.05) is 23.7 Å². The molecule has 3 N–H and O–H groups in total. The first-order valence-electron chi connectivity index (χ1n) is 11.4. The van der Waals surface area contributed by atoms with Crippen LogP contribution in [0.25, 0.3) is 10.9 Å². The van der Waals surface area contributed by atoms with Crippen LogP contribution in [0.15, 0.2) is 67.3 Å². The van der Waals surface area contributed by atoms with E-state index in [1.54, 1.807) is 10.8 Å². The van der Waals surface area contributed by atoms with Crippen LogP contribution in [-0.2, 0) is 19.5 Å². The van der Waals surface area contributed by atoms with Gasteiger partial charge in [-0.3, -0.25) is 4.79 Å². The number of imidazole rings is 1. The largest absolute Gasteiger partial charge is 0.494 e. The summed E-state index contributed by atoms with van der Waals surface area (Å²) in [5.74, 6) is 0.284. The zero-order valence-corrected chi connectivity index (χ0v) is 19.7. The SMILES string of the molecule is NC(=O)c1cn(CC(O)CCCn2ccc3ccc(OCCCc4ccc(Cl)cc4)cc32)cn1. The molecule has 4 rings (SSSR count). The Kier molecular flexibility index (Phi) is 7.87. The fourth-order valence-corrected chi connectivity index (χ4v) is 4.11. The molecular weight excluding hydrogens is 452 g/mol. The number of nitrogens with zero attached hydrogens (tertiary/aromatic N) is 3. The predicted molar refractivity (Wildman–Crippen MR) is 133 cm³/mol. The average Bonchev–Trinajstić information content (AvgIpc) is 3.45. The summed E-state index contributed by atoms with van der Waals surface area (Å²) in [5, 5.41) is 12.3. The Bertz CT molecular complexity index is 1230. The van der Waals surface area contributed by atoms with Crippen LogP contribution in [0.5, 0.6) is 5.75 Å². The second kappa shape index (κ2) is 11.2. The molecule has 0 bridgehead atoms. The zero-order valence-electron chi connectivity index (χ0n) is 18.9. The minimum Gasteiger partial charge on any atom is -0.494 e. The number of rotatable bonds is 12. The molecule has 0 spiro atoms. The number of fused-ring (bicyclic) bond motifs is 1. The number of aliphatic hydroxyl groups is 1. The molecule has 0 radical (unpaired) electrons. The standard InChI is InChI=1S/C26H29ClN4O3/c27-21-8-5-19(6-9-21)3-2-14-34-23-10-7-20-11-13-31(25(20)15-23)12-1-4-22(32)16-30-17-24(26(28)33)29-18-30/h5-11,13,15,17-18,22,32H,1-4,12,14,16H2,(H2,28,33). The lowest BCUT2D eigenvalue weighted by Gasteiger charge is -2.12. The fourth-order valence-electron chi connectivity index (χ4n) is 3.98. The molecule has 2 aromatic heterocycles. The van der Waals surface area contributed by atoms with Gasteiger partial charge in [0.05, 0.1) is 24.6 Å². The topological polar surface area (TPSA) is 95.3 Å². The molecule has 7 nitrogen and oxygen atoms in total. The van der Waals surface area contributed by atoms with Crippen molar-refractivity contribution in [3.8, 4) is 5.75 Å². The molecule has 0 fully saturated rings. The van der Waals surface area contributed by atoms with Crippen molar-refractivity contribution >= 4 is 28.4 Å². The molecule has 4 aromatic rings. The number of halogens is 1. The van der Waals surface area contributed by atoms with Crippen LogP contribution in [0, 0.1) is 0 Å². The monoisotopic (exact) mass is 480 g/mol. The molecule has 2 heterocycles. The van der Waals surface area contributed by atoms with E-state index in [1.807, 2.05) is 30.3 Å². The number of ether oxygens (including phenoxy) is 1. The van der Waals surface area contributed by atoms with Gasteiger partial charge in [0.2, 0.25) is 0 Å². The van der Waals surface area contributed by atoms with Gasteiger partial charge in [-0.05, 0) is 67.0 Å². The van der Waals surface area contributed by atoms with Crippen LogP contribution in [0.2, 0.25) is 5.02 Å². The molecule has 0 saturated carbocycles. The molecule has 2 aromatic carbocycles. The minimum atomic E-state index is -0.572. The molecule has 34 heavy (non-hydrogen) atoms. The van der Waals surface area contributed by atoms with Gasteiger partial charge < -0.3 is 24.7 Å². The molecule has 8 heteroatoms. The number of nitrogens with two attached hydrogens (primary N) is 1. The first-order valence-corrected chi connectivity index (χ1v) is 11.8. The molecule has 178 valence electrons. The van der Waals surface area contributed by atoms with Gasteiger partial charge in [0.15, 0.2) is 0 Å². The summed E-state index contributed by atoms with van der Waals surface area (Å²) in [6.07, 6.45) is 7.92. The maximum atomic E-state index is 11.1. The van der Waals surface area contributed by atoms with Crippen molar-refractivity contribution in [2.45, 2.75) is 44.9 Å². The number of hydrogen-bond acceptors (Lipinski definition) is 4. The van der Waals surface area contributed by atoms with Gasteiger partial charge in [0.25, 0.3) is 5.91 Å². The Hall–Kier alpha value is -3.29. The number of aryl methyl sites for hydroxylation is 2. The van der Waals surface area contributed by atoms with Crippen LogP contribution in [0.3, 0.4) is 0 Å². The van der Waals surface area contributed by atoms with E-state index in [0.29, 0.717) is 19.6 Å². The summed E-state index contributed by atoms with van der Waals surface area (Å²) < 4.78 is 9.86. The summed E-state index contributed by atoms with van der Waals surface area (Å²) in [7, 11) is 0. The van der Waals surface area contributed by atoms with E-state index >= 15 is 0 Å². The number of benzene rings is 2. The highest BCUT2D eigenvalue weighted by Gasteiger charge is 2.10. The third-order valence-electron chi connectivity index (χ3n) is 5.78. The zero-order chi connectivity index (χ0) is 23.9. The molecule has 1 amide bonds. The summed E-state index contributed by atoms with van der Waals surface area (Å²) in [4.78, 5) is 15.1. The maximum Gasteiger partial charge on any atom is 0.268 e. The predicted octanol–water partition coefficient (Wildman–Crippen LogP) is 4.44. The molecule has 0 aliphatic heterocycles. The van der Waals surface area contributed by atoms with Crippen LogP contribution in [0.1, 0.15) is 35.3 Å². The molecule has 0 saturated heterocycles. The van der Waals surface area contributed by atoms with E-state index in [9.17, 15) is 9.90 Å². The van der Waals surface area contributed by atoms with Crippen molar-refractivity contribution in [3.05, 3.63) is 83.5 Å². The van der Waals surface area contributed by atoms with Crippen molar-refractivity contribution in [2.24, 2.45) is 5.73 Å². The Morgan fingerprint density at radius 2 is 1.97 bits per heavy atom. The van der Waals surface area contributed by atoms with Gasteiger partial charge >= 0.3 is 0 Å². The fraction of sp³-hybridized carbons (Fsp3) is 0.308. The highest BCUT2D eigenvalue weighted by atomic mass is 35.5. The summed E-state index contributed by atoms with van der Waals surface area (Å²) in [6, 6.07) is 16.2. The van der Waals surface area contributed by atoms with E-state index in [1.165, 1.54) is 11.9 Å². The molecule has 0 aliphatic carbocycles. The number of primary amides is 1. The van der Waals surface area contributed by atoms with Gasteiger partial charge in [0, 0.05) is 36.6 Å². The van der Waals surface area contributed by atoms with E-state index in [4.69, 9.17) is 22.1 Å². The number of aliphatic hydroxyl groups excluding tert-OH is 1. The number of carbonyl (C=O) groups excluding carboxylic acids is 1. The molecule has 0 aliphatic rings. The van der Waals surface area contributed by atoms with Gasteiger partial charge in [-0.25, -0.2) is 4.98 Å². The van der Waals surface area contributed by atoms with Crippen molar-refractivity contribution in [3.63, 3.8) is 0 Å². The normalized spacial score (nSPS) is 12.2. The van der Waals surface area contributed by atoms with E-state index < -0.39 is 12.0 Å². The van der Waals surface area contributed by atoms with E-state index in [-0.39, 0.29) is 5.69 Å². The van der Waals surface area contributed by atoms with Crippen LogP contribution in [0.4, 0.5) is 0 Å². The summed E-state index contributed by atoms with van der Waals surface area (Å²) in [5.41, 5.74) is 7.79. The van der Waals surface area contributed by atoms with Crippen molar-refractivity contribution in [1.82, 2.24) is 14.1 Å². The highest BCUT2D eigenvalue weighted by molar-refractivity contribution is 6.30. The first-order chi connectivity index (χ1) is 16.5. The number of carbonyl (C=O) groups is 1. The van der Waals surface area contributed by atoms with Crippen molar-refractivity contribution < 1.29 is 14.6 Å². The van der Waals surface area contributed by atoms with E-state index in [0.717, 1.165) is 47.5 Å². The minimum absolute atomic E-state index is 0.203. The van der Waals surface area contributed by atoms with Crippen molar-refractivity contribution in [1.29, 1.82) is 0 Å². The third kappa shape index (κ3) is 6.40. The Labute approximate surface area is 203 Å². The Morgan fingerprint density at radius 3 is 2.74 bits per heavy atom. The number of amides is 1. The lowest BCUT2D eigenvalue weighted by atomic mass is 10.1. The maximum absolute atomic E-state index is 11.1.